The summed E-state index contributed by atoms with van der Waals surface area (Å²) in [5.74, 6) is 0.173. The lowest BCUT2D eigenvalue weighted by Crippen LogP contribution is -2.42. The largest absolute Gasteiger partial charge is 0.370 e. The van der Waals surface area contributed by atoms with E-state index in [0.717, 1.165) is 28.9 Å². The van der Waals surface area contributed by atoms with Gasteiger partial charge in [0.25, 0.3) is 0 Å². The zero-order valence-electron chi connectivity index (χ0n) is 13.6. The van der Waals surface area contributed by atoms with Gasteiger partial charge in [-0.25, -0.2) is 0 Å². The highest BCUT2D eigenvalue weighted by molar-refractivity contribution is 5.76. The summed E-state index contributed by atoms with van der Waals surface area (Å²) in [6, 6.07) is 3.88. The molecule has 0 aromatic carbocycles. The number of carbonyl (C=O) groups is 1. The highest BCUT2D eigenvalue weighted by atomic mass is 16.5. The van der Waals surface area contributed by atoms with Crippen molar-refractivity contribution in [1.82, 2.24) is 20.1 Å². The van der Waals surface area contributed by atoms with E-state index in [-0.39, 0.29) is 12.0 Å². The van der Waals surface area contributed by atoms with Gasteiger partial charge in [-0.2, -0.15) is 5.10 Å². The summed E-state index contributed by atoms with van der Waals surface area (Å²) in [6.07, 6.45) is 4.68. The van der Waals surface area contributed by atoms with Crippen LogP contribution in [0.25, 0.3) is 0 Å². The van der Waals surface area contributed by atoms with Gasteiger partial charge < -0.3 is 9.64 Å². The van der Waals surface area contributed by atoms with Crippen LogP contribution in [0.3, 0.4) is 0 Å². The van der Waals surface area contributed by atoms with Crippen LogP contribution < -0.4 is 0 Å². The summed E-state index contributed by atoms with van der Waals surface area (Å²) in [7, 11) is 0. The van der Waals surface area contributed by atoms with Gasteiger partial charge in [0.15, 0.2) is 0 Å². The first kappa shape index (κ1) is 15.7. The van der Waals surface area contributed by atoms with Gasteiger partial charge in [-0.1, -0.05) is 0 Å². The quantitative estimate of drug-likeness (QED) is 0.936. The Balaban J connectivity index is 1.59. The molecule has 1 saturated heterocycles. The fraction of sp³-hybridized carbons (Fsp3) is 0.471. The third-order valence-electron chi connectivity index (χ3n) is 4.37. The average molecular weight is 314 g/mol. The number of nitrogens with one attached hydrogen (secondary N) is 1. The van der Waals surface area contributed by atoms with Gasteiger partial charge in [-0.3, -0.25) is 14.9 Å². The van der Waals surface area contributed by atoms with Crippen LogP contribution in [-0.4, -0.2) is 45.7 Å². The SMILES string of the molecule is Cc1n[nH]c(C)c1CCC(=O)N1CCO[C@@H](c2ccncc2)C1. The number of aromatic nitrogens is 3. The molecule has 1 amide bonds. The van der Waals surface area contributed by atoms with Gasteiger partial charge in [0.05, 0.1) is 18.8 Å². The van der Waals surface area contributed by atoms with Gasteiger partial charge in [0.1, 0.15) is 6.10 Å². The molecule has 1 aliphatic rings. The number of hydrogen-bond acceptors (Lipinski definition) is 4. The van der Waals surface area contributed by atoms with Crippen molar-refractivity contribution in [3.05, 3.63) is 47.0 Å². The highest BCUT2D eigenvalue weighted by Crippen LogP contribution is 2.22. The van der Waals surface area contributed by atoms with Crippen LogP contribution in [0.1, 0.15) is 35.0 Å². The van der Waals surface area contributed by atoms with Gasteiger partial charge in [-0.15, -0.1) is 0 Å². The second-order valence-electron chi connectivity index (χ2n) is 5.89. The summed E-state index contributed by atoms with van der Waals surface area (Å²) in [4.78, 5) is 18.4. The van der Waals surface area contributed by atoms with E-state index in [9.17, 15) is 4.79 Å². The Labute approximate surface area is 135 Å². The predicted molar refractivity (Wildman–Crippen MR) is 85.9 cm³/mol. The van der Waals surface area contributed by atoms with E-state index in [1.165, 1.54) is 0 Å². The number of rotatable bonds is 4. The van der Waals surface area contributed by atoms with Crippen molar-refractivity contribution in [2.75, 3.05) is 19.7 Å². The molecule has 1 atom stereocenters. The molecule has 0 spiro atoms. The molecular formula is C17H22N4O2. The van der Waals surface area contributed by atoms with Crippen molar-refractivity contribution in [2.45, 2.75) is 32.8 Å². The minimum atomic E-state index is -0.0619. The zero-order valence-corrected chi connectivity index (χ0v) is 13.6. The van der Waals surface area contributed by atoms with E-state index < -0.39 is 0 Å². The molecule has 2 aromatic heterocycles. The van der Waals surface area contributed by atoms with Gasteiger partial charge in [0.2, 0.25) is 5.91 Å². The fourth-order valence-corrected chi connectivity index (χ4v) is 2.99. The molecule has 0 saturated carbocycles. The topological polar surface area (TPSA) is 71.1 Å². The number of ether oxygens (including phenoxy) is 1. The number of morpholine rings is 1. The van der Waals surface area contributed by atoms with Crippen LogP contribution in [0.2, 0.25) is 0 Å². The number of amides is 1. The fourth-order valence-electron chi connectivity index (χ4n) is 2.99. The molecule has 1 fully saturated rings. The smallest absolute Gasteiger partial charge is 0.223 e. The summed E-state index contributed by atoms with van der Waals surface area (Å²) in [5.41, 5.74) is 4.25. The van der Waals surface area contributed by atoms with Crippen molar-refractivity contribution in [3.8, 4) is 0 Å². The lowest BCUT2D eigenvalue weighted by atomic mass is 10.1. The third-order valence-corrected chi connectivity index (χ3v) is 4.37. The van der Waals surface area contributed by atoms with E-state index in [0.29, 0.717) is 26.1 Å². The average Bonchev–Trinajstić information content (AvgIpc) is 2.92. The first-order valence-corrected chi connectivity index (χ1v) is 7.95. The molecule has 0 radical (unpaired) electrons. The normalized spacial score (nSPS) is 18.2. The van der Waals surface area contributed by atoms with Gasteiger partial charge in [0, 0.05) is 31.1 Å². The van der Waals surface area contributed by atoms with Crippen molar-refractivity contribution in [2.24, 2.45) is 0 Å². The lowest BCUT2D eigenvalue weighted by Gasteiger charge is -2.33. The number of aryl methyl sites for hydroxylation is 2. The van der Waals surface area contributed by atoms with Crippen LogP contribution >= 0.6 is 0 Å². The van der Waals surface area contributed by atoms with Gasteiger partial charge in [-0.05, 0) is 43.5 Å². The molecule has 23 heavy (non-hydrogen) atoms. The molecule has 3 rings (SSSR count). The maximum absolute atomic E-state index is 12.5. The second kappa shape index (κ2) is 6.91. The number of hydrogen-bond donors (Lipinski definition) is 1. The molecule has 0 aliphatic carbocycles. The van der Waals surface area contributed by atoms with Crippen molar-refractivity contribution >= 4 is 5.91 Å². The Morgan fingerprint density at radius 3 is 2.87 bits per heavy atom. The Hall–Kier alpha value is -2.21. The monoisotopic (exact) mass is 314 g/mol. The van der Waals surface area contributed by atoms with Crippen molar-refractivity contribution in [1.29, 1.82) is 0 Å². The maximum Gasteiger partial charge on any atom is 0.223 e. The minimum absolute atomic E-state index is 0.0619. The Morgan fingerprint density at radius 2 is 2.17 bits per heavy atom. The van der Waals surface area contributed by atoms with Crippen LogP contribution in [0.15, 0.2) is 24.5 Å². The molecule has 2 aromatic rings. The molecule has 6 nitrogen and oxygen atoms in total. The van der Waals surface area contributed by atoms with Crippen molar-refractivity contribution in [3.63, 3.8) is 0 Å². The number of H-pyrrole nitrogens is 1. The molecule has 1 N–H and O–H groups in total. The van der Waals surface area contributed by atoms with Crippen LogP contribution in [-0.2, 0) is 16.0 Å². The molecule has 0 bridgehead atoms. The first-order chi connectivity index (χ1) is 11.1. The maximum atomic E-state index is 12.5. The van der Waals surface area contributed by atoms with E-state index in [1.807, 2.05) is 30.9 Å². The Bertz CT molecular complexity index is 649. The molecule has 6 heteroatoms. The van der Waals surface area contributed by atoms with Crippen LogP contribution in [0, 0.1) is 13.8 Å². The number of carbonyl (C=O) groups excluding carboxylic acids is 1. The number of pyridine rings is 1. The summed E-state index contributed by atoms with van der Waals surface area (Å²) >= 11 is 0. The number of aromatic amines is 1. The number of nitrogens with zero attached hydrogens (tertiary/aromatic N) is 3. The zero-order chi connectivity index (χ0) is 16.2. The minimum Gasteiger partial charge on any atom is -0.370 e. The molecule has 0 unspecified atom stereocenters. The second-order valence-corrected chi connectivity index (χ2v) is 5.89. The van der Waals surface area contributed by atoms with Crippen molar-refractivity contribution < 1.29 is 9.53 Å². The summed E-state index contributed by atoms with van der Waals surface area (Å²) < 4.78 is 5.80. The highest BCUT2D eigenvalue weighted by Gasteiger charge is 2.25. The van der Waals surface area contributed by atoms with E-state index in [1.54, 1.807) is 12.4 Å². The van der Waals surface area contributed by atoms with E-state index in [4.69, 9.17) is 4.74 Å². The summed E-state index contributed by atoms with van der Waals surface area (Å²) in [5, 5.41) is 7.15. The summed E-state index contributed by atoms with van der Waals surface area (Å²) in [6.45, 7) is 5.80. The molecule has 1 aliphatic heterocycles. The molecular weight excluding hydrogens is 292 g/mol. The van der Waals surface area contributed by atoms with Crippen LogP contribution in [0.4, 0.5) is 0 Å². The standard InChI is InChI=1S/C17H22N4O2/c1-12-15(13(2)20-19-12)3-4-17(22)21-9-10-23-16(11-21)14-5-7-18-8-6-14/h5-8,16H,3-4,9-11H2,1-2H3,(H,19,20)/t16-/m1/s1. The van der Waals surface area contributed by atoms with E-state index in [2.05, 4.69) is 15.2 Å². The molecule has 122 valence electrons. The lowest BCUT2D eigenvalue weighted by molar-refractivity contribution is -0.139. The third kappa shape index (κ3) is 3.59. The van der Waals surface area contributed by atoms with E-state index >= 15 is 0 Å². The Kier molecular flexibility index (Phi) is 4.71. The predicted octanol–water partition coefficient (Wildman–Crippen LogP) is 1.95. The molecule has 3 heterocycles. The van der Waals surface area contributed by atoms with Gasteiger partial charge >= 0.3 is 0 Å². The van der Waals surface area contributed by atoms with Crippen LogP contribution in [0.5, 0.6) is 0 Å². The Morgan fingerprint density at radius 1 is 1.39 bits per heavy atom. The first-order valence-electron chi connectivity index (χ1n) is 7.95.